The molecule has 8 rings (SSSR count). The fourth-order valence-electron chi connectivity index (χ4n) is 7.09. The Morgan fingerprint density at radius 1 is 0.234 bits per heavy atom. The Hall–Kier alpha value is -5.37. The normalized spacial score (nSPS) is 11.9. The van der Waals surface area contributed by atoms with Crippen LogP contribution in [0.5, 0.6) is 0 Å². The van der Waals surface area contributed by atoms with Crippen molar-refractivity contribution < 1.29 is 0 Å². The summed E-state index contributed by atoms with van der Waals surface area (Å²) in [5.74, 6) is 0. The van der Waals surface area contributed by atoms with Gasteiger partial charge in [0.15, 0.2) is 0 Å². The Balaban J connectivity index is 1.53. The molecular formula is C46H34S. The standard InChI is InChI=1S/C46H34S/c1-5-21-39(22-6-1)45(40-23-7-2-8-24-40,43-31-29-35-17-13-15-19-37(35)33-43)47-46(41-25-9-3-10-26-41,42-27-11-4-12-28-42)44-32-30-36-18-14-16-20-38(36)34-44/h1-34H. The van der Waals surface area contributed by atoms with Gasteiger partial charge in [-0.05, 0) is 67.1 Å². The Bertz CT molecular complexity index is 2020. The minimum Gasteiger partial charge on any atom is -0.119 e. The van der Waals surface area contributed by atoms with Crippen molar-refractivity contribution in [2.45, 2.75) is 9.49 Å². The number of benzene rings is 8. The van der Waals surface area contributed by atoms with Crippen molar-refractivity contribution in [3.05, 3.63) is 240 Å². The maximum absolute atomic E-state index is 2.41. The Morgan fingerprint density at radius 3 is 0.830 bits per heavy atom. The van der Waals surface area contributed by atoms with E-state index >= 15 is 0 Å². The lowest BCUT2D eigenvalue weighted by molar-refractivity contribution is 0.833. The molecule has 0 N–H and O–H groups in total. The summed E-state index contributed by atoms with van der Waals surface area (Å²) in [6.45, 7) is 0. The molecule has 1 heteroatoms. The fraction of sp³-hybridized carbons (Fsp3) is 0.0435. The summed E-state index contributed by atoms with van der Waals surface area (Å²) in [5, 5.41) is 4.95. The van der Waals surface area contributed by atoms with Crippen LogP contribution in [0.4, 0.5) is 0 Å². The van der Waals surface area contributed by atoms with Gasteiger partial charge in [0.1, 0.15) is 0 Å². The van der Waals surface area contributed by atoms with Gasteiger partial charge in [-0.3, -0.25) is 0 Å². The zero-order valence-electron chi connectivity index (χ0n) is 26.0. The maximum atomic E-state index is 2.41. The van der Waals surface area contributed by atoms with Crippen LogP contribution in [0.3, 0.4) is 0 Å². The lowest BCUT2D eigenvalue weighted by atomic mass is 9.82. The molecular weight excluding hydrogens is 585 g/mol. The van der Waals surface area contributed by atoms with Gasteiger partial charge in [-0.2, -0.15) is 0 Å². The van der Waals surface area contributed by atoms with Crippen LogP contribution in [0.2, 0.25) is 0 Å². The molecule has 8 aromatic carbocycles. The minimum atomic E-state index is -0.593. The number of rotatable bonds is 8. The first-order chi connectivity index (χ1) is 23.3. The van der Waals surface area contributed by atoms with E-state index in [2.05, 4.69) is 206 Å². The zero-order valence-corrected chi connectivity index (χ0v) is 26.9. The second-order valence-electron chi connectivity index (χ2n) is 12.1. The molecule has 0 heterocycles. The highest BCUT2D eigenvalue weighted by Gasteiger charge is 2.48. The molecule has 0 saturated carbocycles. The number of hydrogen-bond donors (Lipinski definition) is 0. The Kier molecular flexibility index (Phi) is 7.69. The molecule has 0 spiro atoms. The summed E-state index contributed by atoms with van der Waals surface area (Å²) in [4.78, 5) is 0. The SMILES string of the molecule is c1ccc(C(SC(c2ccccc2)(c2ccccc2)c2ccc3ccccc3c2)(c2ccccc2)c2ccc3ccccc3c2)cc1. The third-order valence-corrected chi connectivity index (χ3v) is 11.4. The first-order valence-electron chi connectivity index (χ1n) is 16.2. The largest absolute Gasteiger partial charge is 0.119 e. The summed E-state index contributed by atoms with van der Waals surface area (Å²) < 4.78 is -1.19. The molecule has 0 aliphatic carbocycles. The smallest absolute Gasteiger partial charge is 0.0922 e. The second kappa shape index (κ2) is 12.4. The van der Waals surface area contributed by atoms with Gasteiger partial charge in [0.25, 0.3) is 0 Å². The summed E-state index contributed by atoms with van der Waals surface area (Å²) in [7, 11) is 0. The molecule has 0 radical (unpaired) electrons. The van der Waals surface area contributed by atoms with Crippen molar-refractivity contribution >= 4 is 33.3 Å². The number of fused-ring (bicyclic) bond motifs is 2. The van der Waals surface area contributed by atoms with Crippen molar-refractivity contribution in [1.29, 1.82) is 0 Å². The van der Waals surface area contributed by atoms with Gasteiger partial charge in [0.05, 0.1) is 9.49 Å². The second-order valence-corrected chi connectivity index (χ2v) is 13.5. The monoisotopic (exact) mass is 618 g/mol. The molecule has 224 valence electrons. The molecule has 0 nitrogen and oxygen atoms in total. The summed E-state index contributed by atoms with van der Waals surface area (Å²) in [6.07, 6.45) is 0. The van der Waals surface area contributed by atoms with Crippen LogP contribution < -0.4 is 0 Å². The zero-order chi connectivity index (χ0) is 31.5. The molecule has 0 aliphatic heterocycles. The van der Waals surface area contributed by atoms with Gasteiger partial charge in [-0.15, -0.1) is 11.8 Å². The highest BCUT2D eigenvalue weighted by atomic mass is 32.2. The van der Waals surface area contributed by atoms with Crippen LogP contribution in [0.15, 0.2) is 206 Å². The van der Waals surface area contributed by atoms with Gasteiger partial charge in [0.2, 0.25) is 0 Å². The van der Waals surface area contributed by atoms with Gasteiger partial charge in [0, 0.05) is 0 Å². The average Bonchev–Trinajstić information content (AvgIpc) is 3.17. The molecule has 0 bridgehead atoms. The van der Waals surface area contributed by atoms with Gasteiger partial charge in [-0.1, -0.05) is 194 Å². The van der Waals surface area contributed by atoms with E-state index in [-0.39, 0.29) is 0 Å². The van der Waals surface area contributed by atoms with E-state index in [0.29, 0.717) is 0 Å². The molecule has 0 atom stereocenters. The van der Waals surface area contributed by atoms with E-state index in [1.165, 1.54) is 54.9 Å². The summed E-state index contributed by atoms with van der Waals surface area (Å²) >= 11 is 2.02. The molecule has 0 aromatic heterocycles. The van der Waals surface area contributed by atoms with Crippen molar-refractivity contribution in [2.75, 3.05) is 0 Å². The van der Waals surface area contributed by atoms with Crippen molar-refractivity contribution in [1.82, 2.24) is 0 Å². The quantitative estimate of drug-likeness (QED) is 0.153. The van der Waals surface area contributed by atoms with Crippen LogP contribution in [-0.2, 0) is 9.49 Å². The van der Waals surface area contributed by atoms with E-state index in [4.69, 9.17) is 0 Å². The first kappa shape index (κ1) is 29.1. The first-order valence-corrected chi connectivity index (χ1v) is 17.0. The van der Waals surface area contributed by atoms with E-state index in [1.54, 1.807) is 0 Å². The van der Waals surface area contributed by atoms with Crippen molar-refractivity contribution in [2.24, 2.45) is 0 Å². The molecule has 0 unspecified atom stereocenters. The van der Waals surface area contributed by atoms with E-state index in [1.807, 2.05) is 11.8 Å². The third kappa shape index (κ3) is 5.14. The van der Waals surface area contributed by atoms with Crippen LogP contribution in [0.1, 0.15) is 33.4 Å². The van der Waals surface area contributed by atoms with Gasteiger partial charge in [-0.25, -0.2) is 0 Å². The van der Waals surface area contributed by atoms with Crippen LogP contribution in [0, 0.1) is 0 Å². The summed E-state index contributed by atoms with van der Waals surface area (Å²) in [6, 6.07) is 75.8. The van der Waals surface area contributed by atoms with Crippen LogP contribution in [0.25, 0.3) is 21.5 Å². The van der Waals surface area contributed by atoms with E-state index in [9.17, 15) is 0 Å². The maximum Gasteiger partial charge on any atom is 0.0922 e. The molecule has 47 heavy (non-hydrogen) atoms. The number of hydrogen-bond acceptors (Lipinski definition) is 1. The number of thioether (sulfide) groups is 1. The van der Waals surface area contributed by atoms with Crippen molar-refractivity contribution in [3.63, 3.8) is 0 Å². The van der Waals surface area contributed by atoms with Crippen molar-refractivity contribution in [3.8, 4) is 0 Å². The molecule has 0 saturated heterocycles. The minimum absolute atomic E-state index is 0.593. The fourth-order valence-corrected chi connectivity index (χ4v) is 9.06. The molecule has 0 amide bonds. The predicted molar refractivity (Wildman–Crippen MR) is 201 cm³/mol. The lowest BCUT2D eigenvalue weighted by Crippen LogP contribution is -2.36. The topological polar surface area (TPSA) is 0 Å². The third-order valence-electron chi connectivity index (χ3n) is 9.34. The van der Waals surface area contributed by atoms with Gasteiger partial charge >= 0.3 is 0 Å². The van der Waals surface area contributed by atoms with Crippen LogP contribution >= 0.6 is 11.8 Å². The highest BCUT2D eigenvalue weighted by Crippen LogP contribution is 2.61. The van der Waals surface area contributed by atoms with Crippen LogP contribution in [-0.4, -0.2) is 0 Å². The lowest BCUT2D eigenvalue weighted by Gasteiger charge is -2.45. The molecule has 8 aromatic rings. The van der Waals surface area contributed by atoms with E-state index in [0.717, 1.165) is 0 Å². The Morgan fingerprint density at radius 2 is 0.511 bits per heavy atom. The van der Waals surface area contributed by atoms with Gasteiger partial charge < -0.3 is 0 Å². The average molecular weight is 619 g/mol. The molecule has 0 fully saturated rings. The Labute approximate surface area is 281 Å². The predicted octanol–water partition coefficient (Wildman–Crippen LogP) is 12.0. The summed E-state index contributed by atoms with van der Waals surface area (Å²) in [5.41, 5.74) is 7.45. The highest BCUT2D eigenvalue weighted by molar-refractivity contribution is 8.02. The molecule has 0 aliphatic rings. The van der Waals surface area contributed by atoms with E-state index < -0.39 is 9.49 Å².